The molecule has 3 rings (SSSR count). The van der Waals surface area contributed by atoms with E-state index in [1.165, 1.54) is 11.0 Å². The van der Waals surface area contributed by atoms with E-state index >= 15 is 0 Å². The van der Waals surface area contributed by atoms with Gasteiger partial charge in [0, 0.05) is 12.6 Å². The van der Waals surface area contributed by atoms with Crippen LogP contribution in [0.5, 0.6) is 0 Å². The number of aromatic nitrogens is 2. The zero-order chi connectivity index (χ0) is 20.8. The van der Waals surface area contributed by atoms with Crippen LogP contribution in [0.25, 0.3) is 10.9 Å². The van der Waals surface area contributed by atoms with Crippen molar-refractivity contribution >= 4 is 34.6 Å². The van der Waals surface area contributed by atoms with Crippen molar-refractivity contribution in [1.82, 2.24) is 20.2 Å². The van der Waals surface area contributed by atoms with Gasteiger partial charge in [0.1, 0.15) is 0 Å². The van der Waals surface area contributed by atoms with E-state index in [-0.39, 0.29) is 18.1 Å². The fraction of sp³-hybridized carbons (Fsp3) is 0.429. The topological polar surface area (TPSA) is 93.1 Å². The summed E-state index contributed by atoms with van der Waals surface area (Å²) in [6, 6.07) is 6.75. The SMILES string of the molecule is C=CCn1c(S[C@@H](C)C(=O)NC(=O)NC2CCCCC2)nc2ccccc2c1=O. The standard InChI is InChI=1S/C21H26N4O3S/c1-3-13-25-19(27)16-11-7-8-12-17(16)23-21(25)29-14(2)18(26)24-20(28)22-15-9-5-4-6-10-15/h3,7-8,11-12,14-15H,1,4-6,9-10,13H2,2H3,(H2,22,24,26,28)/t14-/m0/s1. The first-order valence-corrected chi connectivity index (χ1v) is 10.8. The number of thioether (sulfide) groups is 1. The van der Waals surface area contributed by atoms with Crippen LogP contribution in [0.2, 0.25) is 0 Å². The maximum atomic E-state index is 12.8. The highest BCUT2D eigenvalue weighted by Crippen LogP contribution is 2.23. The van der Waals surface area contributed by atoms with Crippen LogP contribution >= 0.6 is 11.8 Å². The highest BCUT2D eigenvalue weighted by molar-refractivity contribution is 8.00. The van der Waals surface area contributed by atoms with E-state index in [2.05, 4.69) is 22.2 Å². The second-order valence-corrected chi connectivity index (χ2v) is 8.48. The van der Waals surface area contributed by atoms with Crippen molar-refractivity contribution in [2.24, 2.45) is 0 Å². The van der Waals surface area contributed by atoms with E-state index in [0.29, 0.717) is 16.1 Å². The molecule has 1 aromatic carbocycles. The molecule has 2 N–H and O–H groups in total. The minimum atomic E-state index is -0.601. The molecule has 1 saturated carbocycles. The molecule has 7 nitrogen and oxygen atoms in total. The number of fused-ring (bicyclic) bond motifs is 1. The number of carbonyl (C=O) groups is 2. The molecule has 2 aromatic rings. The van der Waals surface area contributed by atoms with Crippen LogP contribution in [-0.2, 0) is 11.3 Å². The maximum absolute atomic E-state index is 12.8. The fourth-order valence-corrected chi connectivity index (χ4v) is 4.34. The number of hydrogen-bond acceptors (Lipinski definition) is 5. The van der Waals surface area contributed by atoms with Crippen LogP contribution in [0.15, 0.2) is 46.9 Å². The lowest BCUT2D eigenvalue weighted by molar-refractivity contribution is -0.119. The van der Waals surface area contributed by atoms with Crippen LogP contribution in [0.1, 0.15) is 39.0 Å². The summed E-state index contributed by atoms with van der Waals surface area (Å²) < 4.78 is 1.49. The number of nitrogens with zero attached hydrogens (tertiary/aromatic N) is 2. The number of allylic oxidation sites excluding steroid dienone is 1. The van der Waals surface area contributed by atoms with Gasteiger partial charge >= 0.3 is 6.03 Å². The number of imide groups is 1. The van der Waals surface area contributed by atoms with Crippen molar-refractivity contribution in [3.8, 4) is 0 Å². The minimum Gasteiger partial charge on any atom is -0.335 e. The van der Waals surface area contributed by atoms with Gasteiger partial charge < -0.3 is 5.32 Å². The van der Waals surface area contributed by atoms with E-state index in [1.54, 1.807) is 31.2 Å². The predicted molar refractivity (Wildman–Crippen MR) is 115 cm³/mol. The molecule has 1 atom stereocenters. The number of rotatable bonds is 6. The lowest BCUT2D eigenvalue weighted by Gasteiger charge is -2.23. The van der Waals surface area contributed by atoms with E-state index in [4.69, 9.17) is 0 Å². The molecule has 29 heavy (non-hydrogen) atoms. The maximum Gasteiger partial charge on any atom is 0.321 e. The van der Waals surface area contributed by atoms with E-state index in [1.807, 2.05) is 6.07 Å². The van der Waals surface area contributed by atoms with E-state index in [9.17, 15) is 14.4 Å². The third-order valence-corrected chi connectivity index (χ3v) is 6.06. The number of nitrogens with one attached hydrogen (secondary N) is 2. The lowest BCUT2D eigenvalue weighted by atomic mass is 9.96. The zero-order valence-corrected chi connectivity index (χ0v) is 17.3. The van der Waals surface area contributed by atoms with Crippen molar-refractivity contribution in [2.45, 2.75) is 62.0 Å². The van der Waals surface area contributed by atoms with Crippen molar-refractivity contribution in [1.29, 1.82) is 0 Å². The van der Waals surface area contributed by atoms with Crippen LogP contribution in [0.4, 0.5) is 4.79 Å². The van der Waals surface area contributed by atoms with Crippen molar-refractivity contribution in [3.05, 3.63) is 47.3 Å². The first kappa shape index (κ1) is 21.1. The summed E-state index contributed by atoms with van der Waals surface area (Å²) in [5, 5.41) is 5.61. The molecule has 1 aliphatic carbocycles. The molecule has 1 heterocycles. The summed E-state index contributed by atoms with van der Waals surface area (Å²) in [6.07, 6.45) is 6.89. The van der Waals surface area contributed by atoms with Gasteiger partial charge in [0.15, 0.2) is 5.16 Å². The smallest absolute Gasteiger partial charge is 0.321 e. The minimum absolute atomic E-state index is 0.124. The van der Waals surface area contributed by atoms with Crippen molar-refractivity contribution in [2.75, 3.05) is 0 Å². The molecule has 0 saturated heterocycles. The Balaban J connectivity index is 1.71. The van der Waals surface area contributed by atoms with Crippen LogP contribution in [0.3, 0.4) is 0 Å². The third-order valence-electron chi connectivity index (χ3n) is 4.97. The summed E-state index contributed by atoms with van der Waals surface area (Å²) in [6.45, 7) is 5.67. The van der Waals surface area contributed by atoms with Gasteiger partial charge in [-0.2, -0.15) is 0 Å². The van der Waals surface area contributed by atoms with Gasteiger partial charge in [-0.1, -0.05) is 49.2 Å². The molecule has 0 spiro atoms. The second kappa shape index (κ2) is 9.73. The number of para-hydroxylation sites is 1. The molecular weight excluding hydrogens is 388 g/mol. The van der Waals surface area contributed by atoms with Crippen molar-refractivity contribution < 1.29 is 9.59 Å². The van der Waals surface area contributed by atoms with Gasteiger partial charge in [0.25, 0.3) is 5.56 Å². The quantitative estimate of drug-likeness (QED) is 0.430. The van der Waals surface area contributed by atoms with E-state index in [0.717, 1.165) is 37.4 Å². The average molecular weight is 415 g/mol. The summed E-state index contributed by atoms with van der Waals surface area (Å²) in [5.41, 5.74) is 0.392. The first-order valence-electron chi connectivity index (χ1n) is 9.88. The Morgan fingerprint density at radius 2 is 2.03 bits per heavy atom. The van der Waals surface area contributed by atoms with Crippen LogP contribution in [0, 0.1) is 0 Å². The largest absolute Gasteiger partial charge is 0.335 e. The summed E-state index contributed by atoms with van der Waals surface area (Å²) in [4.78, 5) is 42.0. The van der Waals surface area contributed by atoms with Gasteiger partial charge in [-0.25, -0.2) is 9.78 Å². The average Bonchev–Trinajstić information content (AvgIpc) is 2.71. The molecule has 0 aliphatic heterocycles. The second-order valence-electron chi connectivity index (χ2n) is 7.17. The molecule has 1 aromatic heterocycles. The molecule has 8 heteroatoms. The van der Waals surface area contributed by atoms with E-state index < -0.39 is 17.2 Å². The summed E-state index contributed by atoms with van der Waals surface area (Å²) >= 11 is 1.15. The number of benzene rings is 1. The monoisotopic (exact) mass is 414 g/mol. The highest BCUT2D eigenvalue weighted by Gasteiger charge is 2.22. The Morgan fingerprint density at radius 3 is 2.76 bits per heavy atom. The van der Waals surface area contributed by atoms with Gasteiger partial charge in [0.2, 0.25) is 5.91 Å². The van der Waals surface area contributed by atoms with Crippen LogP contribution in [-0.4, -0.2) is 32.8 Å². The summed E-state index contributed by atoms with van der Waals surface area (Å²) in [5.74, 6) is -0.420. The fourth-order valence-electron chi connectivity index (χ4n) is 3.42. The van der Waals surface area contributed by atoms with Crippen LogP contribution < -0.4 is 16.2 Å². The van der Waals surface area contributed by atoms with Gasteiger partial charge in [-0.05, 0) is 31.9 Å². The van der Waals surface area contributed by atoms with Gasteiger partial charge in [0.05, 0.1) is 16.2 Å². The lowest BCUT2D eigenvalue weighted by Crippen LogP contribution is -2.47. The van der Waals surface area contributed by atoms with Crippen molar-refractivity contribution in [3.63, 3.8) is 0 Å². The molecule has 1 aliphatic rings. The molecule has 0 bridgehead atoms. The molecule has 1 fully saturated rings. The molecule has 3 amide bonds. The first-order chi connectivity index (χ1) is 14.0. The van der Waals surface area contributed by atoms with Gasteiger partial charge in [-0.15, -0.1) is 6.58 Å². The van der Waals surface area contributed by atoms with Gasteiger partial charge in [-0.3, -0.25) is 19.5 Å². The number of amides is 3. The number of hydrogen-bond donors (Lipinski definition) is 2. The Labute approximate surface area is 174 Å². The number of urea groups is 1. The molecular formula is C21H26N4O3S. The highest BCUT2D eigenvalue weighted by atomic mass is 32.2. The Kier molecular flexibility index (Phi) is 7.09. The Hall–Kier alpha value is -2.61. The Bertz CT molecular complexity index is 966. The molecule has 0 radical (unpaired) electrons. The molecule has 0 unspecified atom stereocenters. The predicted octanol–water partition coefficient (Wildman–Crippen LogP) is 3.22. The third kappa shape index (κ3) is 5.26. The zero-order valence-electron chi connectivity index (χ0n) is 16.5. The summed E-state index contributed by atoms with van der Waals surface area (Å²) in [7, 11) is 0. The molecule has 154 valence electrons. The Morgan fingerprint density at radius 1 is 1.31 bits per heavy atom. The number of carbonyl (C=O) groups excluding carboxylic acids is 2. The normalized spacial score (nSPS) is 15.6.